The number of likely N-dealkylation sites (tertiary alicyclic amines) is 2. The molecule has 2 aliphatic heterocycles. The fourth-order valence-electron chi connectivity index (χ4n) is 2.74. The molecule has 0 spiro atoms. The van der Waals surface area contributed by atoms with E-state index in [2.05, 4.69) is 16.7 Å². The highest BCUT2D eigenvalue weighted by Crippen LogP contribution is 2.19. The van der Waals surface area contributed by atoms with Crippen LogP contribution in [0.15, 0.2) is 0 Å². The minimum Gasteiger partial charge on any atom is -0.303 e. The maximum absolute atomic E-state index is 2.67. The smallest absolute Gasteiger partial charge is 0.000653 e. The second-order valence-electron chi connectivity index (χ2n) is 5.24. The van der Waals surface area contributed by atoms with E-state index in [1.54, 1.807) is 0 Å². The molecule has 0 amide bonds. The molecule has 15 heavy (non-hydrogen) atoms. The summed E-state index contributed by atoms with van der Waals surface area (Å²) >= 11 is 0. The standard InChI is InChI=1S/C13H26N2/c1-2-13-5-11-15(12-6-13)10-4-9-14-7-3-8-14/h13H,2-12H2,1H3. The first-order valence-electron chi connectivity index (χ1n) is 6.83. The zero-order valence-electron chi connectivity index (χ0n) is 10.2. The largest absolute Gasteiger partial charge is 0.303 e. The number of hydrogen-bond donors (Lipinski definition) is 0. The van der Waals surface area contributed by atoms with Gasteiger partial charge in [-0.2, -0.15) is 0 Å². The molecule has 0 saturated carbocycles. The minimum atomic E-state index is 1.02. The fourth-order valence-corrected chi connectivity index (χ4v) is 2.74. The molecule has 2 heterocycles. The van der Waals surface area contributed by atoms with Crippen LogP contribution in [-0.4, -0.2) is 49.1 Å². The van der Waals surface area contributed by atoms with Gasteiger partial charge in [0, 0.05) is 0 Å². The van der Waals surface area contributed by atoms with Crippen molar-refractivity contribution < 1.29 is 0 Å². The SMILES string of the molecule is CCC1CCN(CCCN2CCC2)CC1. The molecule has 2 heteroatoms. The number of nitrogens with zero attached hydrogens (tertiary/aromatic N) is 2. The van der Waals surface area contributed by atoms with Crippen LogP contribution in [0.1, 0.15) is 39.0 Å². The van der Waals surface area contributed by atoms with Crippen molar-refractivity contribution in [3.8, 4) is 0 Å². The van der Waals surface area contributed by atoms with Crippen LogP contribution in [0.25, 0.3) is 0 Å². The van der Waals surface area contributed by atoms with Gasteiger partial charge in [0.15, 0.2) is 0 Å². The van der Waals surface area contributed by atoms with E-state index in [1.165, 1.54) is 71.4 Å². The van der Waals surface area contributed by atoms with E-state index in [-0.39, 0.29) is 0 Å². The van der Waals surface area contributed by atoms with Crippen molar-refractivity contribution in [1.82, 2.24) is 9.80 Å². The highest BCUT2D eigenvalue weighted by atomic mass is 15.2. The van der Waals surface area contributed by atoms with Crippen LogP contribution < -0.4 is 0 Å². The summed E-state index contributed by atoms with van der Waals surface area (Å²) in [6, 6.07) is 0. The molecule has 2 fully saturated rings. The van der Waals surface area contributed by atoms with Crippen LogP contribution in [-0.2, 0) is 0 Å². The van der Waals surface area contributed by atoms with Crippen molar-refractivity contribution in [2.24, 2.45) is 5.92 Å². The van der Waals surface area contributed by atoms with Crippen molar-refractivity contribution in [2.45, 2.75) is 39.0 Å². The van der Waals surface area contributed by atoms with E-state index < -0.39 is 0 Å². The molecule has 0 radical (unpaired) electrons. The average molecular weight is 210 g/mol. The zero-order chi connectivity index (χ0) is 10.5. The Bertz CT molecular complexity index is 169. The van der Waals surface area contributed by atoms with Gasteiger partial charge in [-0.15, -0.1) is 0 Å². The van der Waals surface area contributed by atoms with Crippen LogP contribution in [0.3, 0.4) is 0 Å². The first-order valence-corrected chi connectivity index (χ1v) is 6.83. The predicted octanol–water partition coefficient (Wildman–Crippen LogP) is 2.20. The van der Waals surface area contributed by atoms with E-state index in [0.717, 1.165) is 5.92 Å². The third-order valence-corrected chi connectivity index (χ3v) is 4.18. The van der Waals surface area contributed by atoms with E-state index >= 15 is 0 Å². The number of hydrogen-bond acceptors (Lipinski definition) is 2. The average Bonchev–Trinajstić information content (AvgIpc) is 2.23. The highest BCUT2D eigenvalue weighted by Gasteiger charge is 2.18. The summed E-state index contributed by atoms with van der Waals surface area (Å²) in [6.45, 7) is 10.5. The Morgan fingerprint density at radius 2 is 1.53 bits per heavy atom. The molecule has 0 aliphatic carbocycles. The molecule has 0 unspecified atom stereocenters. The number of piperidine rings is 1. The Balaban J connectivity index is 1.52. The van der Waals surface area contributed by atoms with Crippen LogP contribution in [0.2, 0.25) is 0 Å². The normalized spacial score (nSPS) is 25.4. The Morgan fingerprint density at radius 3 is 2.00 bits per heavy atom. The van der Waals surface area contributed by atoms with Gasteiger partial charge in [0.2, 0.25) is 0 Å². The lowest BCUT2D eigenvalue weighted by atomic mass is 9.94. The van der Waals surface area contributed by atoms with Crippen molar-refractivity contribution in [3.05, 3.63) is 0 Å². The van der Waals surface area contributed by atoms with Crippen LogP contribution in [0, 0.1) is 5.92 Å². The Labute approximate surface area is 94.6 Å². The van der Waals surface area contributed by atoms with Gasteiger partial charge in [0.25, 0.3) is 0 Å². The molecule has 2 rings (SSSR count). The van der Waals surface area contributed by atoms with Crippen LogP contribution in [0.4, 0.5) is 0 Å². The lowest BCUT2D eigenvalue weighted by Crippen LogP contribution is -2.40. The lowest BCUT2D eigenvalue weighted by molar-refractivity contribution is 0.146. The molecule has 0 aromatic heterocycles. The van der Waals surface area contributed by atoms with E-state index in [0.29, 0.717) is 0 Å². The topological polar surface area (TPSA) is 6.48 Å². The first kappa shape index (κ1) is 11.4. The molecule has 2 aliphatic rings. The summed E-state index contributed by atoms with van der Waals surface area (Å²) in [5, 5.41) is 0. The summed E-state index contributed by atoms with van der Waals surface area (Å²) < 4.78 is 0. The van der Waals surface area contributed by atoms with E-state index in [4.69, 9.17) is 0 Å². The summed E-state index contributed by atoms with van der Waals surface area (Å²) in [7, 11) is 0. The molecular weight excluding hydrogens is 184 g/mol. The van der Waals surface area contributed by atoms with Crippen molar-refractivity contribution in [3.63, 3.8) is 0 Å². The molecule has 2 saturated heterocycles. The molecule has 0 N–H and O–H groups in total. The van der Waals surface area contributed by atoms with Crippen LogP contribution >= 0.6 is 0 Å². The second kappa shape index (κ2) is 5.86. The molecule has 2 nitrogen and oxygen atoms in total. The monoisotopic (exact) mass is 210 g/mol. The van der Waals surface area contributed by atoms with Crippen molar-refractivity contribution in [2.75, 3.05) is 39.3 Å². The van der Waals surface area contributed by atoms with Gasteiger partial charge in [-0.3, -0.25) is 0 Å². The number of rotatable bonds is 5. The Kier molecular flexibility index (Phi) is 4.45. The van der Waals surface area contributed by atoms with Crippen molar-refractivity contribution >= 4 is 0 Å². The molecule has 0 aromatic carbocycles. The third kappa shape index (κ3) is 3.46. The van der Waals surface area contributed by atoms with Gasteiger partial charge in [-0.05, 0) is 70.9 Å². The molecule has 0 aromatic rings. The predicted molar refractivity (Wildman–Crippen MR) is 65.1 cm³/mol. The molecule has 0 atom stereocenters. The maximum atomic E-state index is 2.67. The summed E-state index contributed by atoms with van der Waals surface area (Å²) in [6.07, 6.45) is 7.10. The van der Waals surface area contributed by atoms with Gasteiger partial charge in [-0.1, -0.05) is 13.3 Å². The van der Waals surface area contributed by atoms with E-state index in [9.17, 15) is 0 Å². The minimum absolute atomic E-state index is 1.02. The zero-order valence-corrected chi connectivity index (χ0v) is 10.2. The third-order valence-electron chi connectivity index (χ3n) is 4.18. The Morgan fingerprint density at radius 1 is 0.933 bits per heavy atom. The molecule has 88 valence electrons. The van der Waals surface area contributed by atoms with Gasteiger partial charge in [0.1, 0.15) is 0 Å². The maximum Gasteiger partial charge on any atom is -0.000653 e. The van der Waals surface area contributed by atoms with Gasteiger partial charge in [0.05, 0.1) is 0 Å². The second-order valence-corrected chi connectivity index (χ2v) is 5.24. The van der Waals surface area contributed by atoms with Gasteiger partial charge < -0.3 is 9.80 Å². The van der Waals surface area contributed by atoms with Crippen molar-refractivity contribution in [1.29, 1.82) is 0 Å². The van der Waals surface area contributed by atoms with Gasteiger partial charge in [-0.25, -0.2) is 0 Å². The lowest BCUT2D eigenvalue weighted by Gasteiger charge is -2.34. The fraction of sp³-hybridized carbons (Fsp3) is 1.00. The highest BCUT2D eigenvalue weighted by molar-refractivity contribution is 4.73. The summed E-state index contributed by atoms with van der Waals surface area (Å²) in [5.74, 6) is 1.02. The van der Waals surface area contributed by atoms with Crippen LogP contribution in [0.5, 0.6) is 0 Å². The first-order chi connectivity index (χ1) is 7.38. The van der Waals surface area contributed by atoms with Gasteiger partial charge >= 0.3 is 0 Å². The summed E-state index contributed by atoms with van der Waals surface area (Å²) in [4.78, 5) is 5.25. The Hall–Kier alpha value is -0.0800. The molecular formula is C13H26N2. The quantitative estimate of drug-likeness (QED) is 0.686. The van der Waals surface area contributed by atoms with E-state index in [1.807, 2.05) is 0 Å². The molecule has 0 bridgehead atoms. The summed E-state index contributed by atoms with van der Waals surface area (Å²) in [5.41, 5.74) is 0.